The molecule has 1 unspecified atom stereocenters. The fourth-order valence-electron chi connectivity index (χ4n) is 3.06. The minimum absolute atomic E-state index is 0.0112. The summed E-state index contributed by atoms with van der Waals surface area (Å²) in [6.07, 6.45) is 1.68. The Hall–Kier alpha value is -3.38. The van der Waals surface area contributed by atoms with Crippen molar-refractivity contribution in [2.45, 2.75) is 4.90 Å². The van der Waals surface area contributed by atoms with Gasteiger partial charge in [0.05, 0.1) is 10.4 Å². The Kier molecular flexibility index (Phi) is 5.65. The standard InChI is InChI=1S/C20H17N5O4S2/c21-31(28,29)17-9-7-15(8-10-17)23-20-22-12-14-4-2-6-18(19(14)24-20)13-3-1-5-16(11-13)25-30(26)27/h1-12,25H,(H,26,27)(H2,21,28,29)(H,22,23,24). The van der Waals surface area contributed by atoms with Crippen molar-refractivity contribution in [2.75, 3.05) is 10.0 Å². The lowest BCUT2D eigenvalue weighted by Crippen LogP contribution is -2.11. The van der Waals surface area contributed by atoms with E-state index < -0.39 is 21.3 Å². The minimum atomic E-state index is -3.77. The second-order valence-corrected chi connectivity index (χ2v) is 8.83. The van der Waals surface area contributed by atoms with Gasteiger partial charge in [0.15, 0.2) is 0 Å². The summed E-state index contributed by atoms with van der Waals surface area (Å²) in [6.45, 7) is 0. The molecule has 1 heterocycles. The molecule has 5 N–H and O–H groups in total. The third-order valence-corrected chi connectivity index (χ3v) is 5.77. The fraction of sp³-hybridized carbons (Fsp3) is 0. The number of primary sulfonamides is 1. The van der Waals surface area contributed by atoms with Crippen LogP contribution in [0.4, 0.5) is 17.3 Å². The van der Waals surface area contributed by atoms with Gasteiger partial charge in [-0.2, -0.15) is 0 Å². The van der Waals surface area contributed by atoms with Gasteiger partial charge < -0.3 is 5.32 Å². The number of hydrogen-bond donors (Lipinski definition) is 4. The second kappa shape index (κ2) is 8.40. The molecule has 0 bridgehead atoms. The molecule has 0 aliphatic rings. The van der Waals surface area contributed by atoms with Crippen LogP contribution >= 0.6 is 0 Å². The first-order valence-electron chi connectivity index (χ1n) is 8.93. The number of benzene rings is 3. The molecule has 0 aliphatic heterocycles. The van der Waals surface area contributed by atoms with Gasteiger partial charge in [0, 0.05) is 28.5 Å². The number of anilines is 3. The molecule has 4 aromatic rings. The number of nitrogens with one attached hydrogen (secondary N) is 2. The van der Waals surface area contributed by atoms with Gasteiger partial charge in [-0.15, -0.1) is 0 Å². The van der Waals surface area contributed by atoms with E-state index in [0.717, 1.165) is 16.5 Å². The Morgan fingerprint density at radius 2 is 1.71 bits per heavy atom. The normalized spacial score (nSPS) is 12.5. The lowest BCUT2D eigenvalue weighted by molar-refractivity contribution is 0.570. The van der Waals surface area contributed by atoms with Gasteiger partial charge in [-0.25, -0.2) is 27.7 Å². The van der Waals surface area contributed by atoms with Gasteiger partial charge in [0.2, 0.25) is 16.0 Å². The summed E-state index contributed by atoms with van der Waals surface area (Å²) in [4.78, 5) is 8.94. The van der Waals surface area contributed by atoms with Crippen LogP contribution in [0.1, 0.15) is 0 Å². The summed E-state index contributed by atoms with van der Waals surface area (Å²) < 4.78 is 45.4. The lowest BCUT2D eigenvalue weighted by atomic mass is 10.0. The molecule has 0 spiro atoms. The van der Waals surface area contributed by atoms with Gasteiger partial charge in [-0.05, 0) is 42.0 Å². The van der Waals surface area contributed by atoms with Crippen molar-refractivity contribution in [3.8, 4) is 11.1 Å². The highest BCUT2D eigenvalue weighted by atomic mass is 32.2. The van der Waals surface area contributed by atoms with Crippen LogP contribution in [0.15, 0.2) is 77.8 Å². The van der Waals surface area contributed by atoms with Crippen molar-refractivity contribution >= 4 is 49.5 Å². The Bertz CT molecular complexity index is 1390. The van der Waals surface area contributed by atoms with Crippen LogP contribution in [0.25, 0.3) is 22.0 Å². The molecule has 1 aromatic heterocycles. The molecule has 1 atom stereocenters. The number of aromatic nitrogens is 2. The third-order valence-electron chi connectivity index (χ3n) is 4.43. The predicted molar refractivity (Wildman–Crippen MR) is 120 cm³/mol. The maximum Gasteiger partial charge on any atom is 0.259 e. The summed E-state index contributed by atoms with van der Waals surface area (Å²) in [6, 6.07) is 18.7. The first-order valence-corrected chi connectivity index (χ1v) is 11.6. The largest absolute Gasteiger partial charge is 0.324 e. The van der Waals surface area contributed by atoms with Crippen LogP contribution in [-0.2, 0) is 21.3 Å². The number of rotatable bonds is 6. The molecule has 158 valence electrons. The molecule has 0 aliphatic carbocycles. The van der Waals surface area contributed by atoms with Crippen molar-refractivity contribution in [1.29, 1.82) is 0 Å². The quantitative estimate of drug-likeness (QED) is 0.326. The van der Waals surface area contributed by atoms with Gasteiger partial charge >= 0.3 is 0 Å². The zero-order chi connectivity index (χ0) is 22.0. The molecule has 0 radical (unpaired) electrons. The molecule has 0 amide bonds. The van der Waals surface area contributed by atoms with Crippen LogP contribution in [0, 0.1) is 0 Å². The molecule has 0 fully saturated rings. The smallest absolute Gasteiger partial charge is 0.259 e. The van der Waals surface area contributed by atoms with Crippen LogP contribution < -0.4 is 15.2 Å². The van der Waals surface area contributed by atoms with E-state index in [1.807, 2.05) is 24.3 Å². The van der Waals surface area contributed by atoms with Gasteiger partial charge in [-0.1, -0.05) is 30.3 Å². The Balaban J connectivity index is 1.70. The Morgan fingerprint density at radius 1 is 0.968 bits per heavy atom. The highest BCUT2D eigenvalue weighted by Gasteiger charge is 2.10. The number of nitrogens with two attached hydrogens (primary N) is 1. The number of hydrogen-bond acceptors (Lipinski definition) is 6. The second-order valence-electron chi connectivity index (χ2n) is 6.56. The van der Waals surface area contributed by atoms with Crippen molar-refractivity contribution in [3.05, 3.63) is 72.9 Å². The van der Waals surface area contributed by atoms with Crippen molar-refractivity contribution in [2.24, 2.45) is 5.14 Å². The fourth-order valence-corrected chi connectivity index (χ4v) is 3.90. The van der Waals surface area contributed by atoms with Crippen LogP contribution in [0.2, 0.25) is 0 Å². The Labute approximate surface area is 180 Å². The van der Waals surface area contributed by atoms with E-state index >= 15 is 0 Å². The molecule has 31 heavy (non-hydrogen) atoms. The zero-order valence-electron chi connectivity index (χ0n) is 15.9. The maximum atomic E-state index is 11.4. The van der Waals surface area contributed by atoms with Crippen molar-refractivity contribution in [1.82, 2.24) is 9.97 Å². The zero-order valence-corrected chi connectivity index (χ0v) is 17.5. The first-order chi connectivity index (χ1) is 14.8. The molecule has 0 saturated heterocycles. The summed E-state index contributed by atoms with van der Waals surface area (Å²) >= 11 is -2.17. The van der Waals surface area contributed by atoms with Crippen molar-refractivity contribution in [3.63, 3.8) is 0 Å². The first kappa shape index (κ1) is 20.9. The predicted octanol–water partition coefficient (Wildman–Crippen LogP) is 3.24. The topological polar surface area (TPSA) is 147 Å². The lowest BCUT2D eigenvalue weighted by Gasteiger charge is -2.10. The third kappa shape index (κ3) is 4.86. The average Bonchev–Trinajstić information content (AvgIpc) is 2.73. The summed E-state index contributed by atoms with van der Waals surface area (Å²) in [7, 11) is -3.77. The summed E-state index contributed by atoms with van der Waals surface area (Å²) in [5.41, 5.74) is 3.41. The van der Waals surface area contributed by atoms with Gasteiger partial charge in [0.25, 0.3) is 11.3 Å². The molecular formula is C20H17N5O4S2. The molecule has 11 heteroatoms. The van der Waals surface area contributed by atoms with E-state index in [1.54, 1.807) is 36.5 Å². The SMILES string of the molecule is NS(=O)(=O)c1ccc(Nc2ncc3cccc(-c4cccc(NS(=O)O)c4)c3n2)cc1. The van der Waals surface area contributed by atoms with Crippen LogP contribution in [-0.4, -0.2) is 27.1 Å². The number of fused-ring (bicyclic) bond motifs is 1. The van der Waals surface area contributed by atoms with E-state index in [1.165, 1.54) is 12.1 Å². The minimum Gasteiger partial charge on any atom is -0.324 e. The molecule has 4 rings (SSSR count). The molecular weight excluding hydrogens is 438 g/mol. The van der Waals surface area contributed by atoms with E-state index in [0.29, 0.717) is 22.8 Å². The molecule has 9 nitrogen and oxygen atoms in total. The average molecular weight is 456 g/mol. The molecule has 3 aromatic carbocycles. The van der Waals surface area contributed by atoms with Gasteiger partial charge in [-0.3, -0.25) is 9.27 Å². The van der Waals surface area contributed by atoms with Crippen LogP contribution in [0.3, 0.4) is 0 Å². The monoisotopic (exact) mass is 455 g/mol. The Morgan fingerprint density at radius 3 is 2.42 bits per heavy atom. The van der Waals surface area contributed by atoms with Crippen LogP contribution in [0.5, 0.6) is 0 Å². The molecule has 0 saturated carbocycles. The highest BCUT2D eigenvalue weighted by Crippen LogP contribution is 2.30. The van der Waals surface area contributed by atoms with E-state index in [-0.39, 0.29) is 4.90 Å². The van der Waals surface area contributed by atoms with Gasteiger partial charge in [0.1, 0.15) is 0 Å². The van der Waals surface area contributed by atoms with E-state index in [4.69, 9.17) is 9.69 Å². The van der Waals surface area contributed by atoms with Crippen molar-refractivity contribution < 1.29 is 17.2 Å². The number of nitrogens with zero attached hydrogens (tertiary/aromatic N) is 2. The number of sulfonamides is 1. The highest BCUT2D eigenvalue weighted by molar-refractivity contribution is 7.89. The summed E-state index contributed by atoms with van der Waals surface area (Å²) in [5.74, 6) is 0.328. The maximum absolute atomic E-state index is 11.4. The number of para-hydroxylation sites is 1. The summed E-state index contributed by atoms with van der Waals surface area (Å²) in [5, 5.41) is 8.99. The van der Waals surface area contributed by atoms with E-state index in [9.17, 15) is 12.6 Å². The van der Waals surface area contributed by atoms with E-state index in [2.05, 4.69) is 20.0 Å².